The molecule has 1 aromatic heterocycles. The third-order valence-electron chi connectivity index (χ3n) is 1.57. The van der Waals surface area contributed by atoms with Crippen molar-refractivity contribution in [1.29, 1.82) is 0 Å². The second-order valence-corrected chi connectivity index (χ2v) is 4.99. The van der Waals surface area contributed by atoms with Crippen LogP contribution in [0.1, 0.15) is 0 Å². The molecule has 108 valence electrons. The van der Waals surface area contributed by atoms with Gasteiger partial charge in [0, 0.05) is 6.07 Å². The summed E-state index contributed by atoms with van der Waals surface area (Å²) in [6.45, 7) is -1.72. The van der Waals surface area contributed by atoms with Crippen molar-refractivity contribution in [2.45, 2.75) is 6.18 Å². The van der Waals surface area contributed by atoms with Crippen LogP contribution < -0.4 is 14.2 Å². The van der Waals surface area contributed by atoms with E-state index in [0.717, 1.165) is 0 Å². The van der Waals surface area contributed by atoms with Crippen LogP contribution in [0.5, 0.6) is 5.88 Å². The Morgan fingerprint density at radius 2 is 2.05 bits per heavy atom. The molecule has 12 heteroatoms. The number of ether oxygens (including phenoxy) is 1. The van der Waals surface area contributed by atoms with Gasteiger partial charge in [0.25, 0.3) is 0 Å². The van der Waals surface area contributed by atoms with Crippen LogP contribution in [0.2, 0.25) is 5.15 Å². The molecule has 0 fully saturated rings. The molecule has 0 aliphatic heterocycles. The van der Waals surface area contributed by atoms with Crippen molar-refractivity contribution in [3.05, 3.63) is 11.2 Å². The molecule has 0 atom stereocenters. The number of methoxy groups -OCH3 is 1. The molecule has 0 saturated heterocycles. The number of halogens is 4. The predicted octanol–water partition coefficient (Wildman–Crippen LogP) is 0.947. The van der Waals surface area contributed by atoms with Crippen LogP contribution in [-0.2, 0) is 10.2 Å². The van der Waals surface area contributed by atoms with Crippen LogP contribution in [0.15, 0.2) is 6.07 Å². The van der Waals surface area contributed by atoms with Gasteiger partial charge in [0.05, 0.1) is 7.11 Å². The number of hydrogen-bond acceptors (Lipinski definition) is 5. The van der Waals surface area contributed by atoms with Gasteiger partial charge >= 0.3 is 16.4 Å². The van der Waals surface area contributed by atoms with Gasteiger partial charge in [-0.3, -0.25) is 0 Å². The number of anilines is 1. The molecule has 0 amide bonds. The summed E-state index contributed by atoms with van der Waals surface area (Å²) in [6, 6.07) is 1.20. The van der Waals surface area contributed by atoms with Gasteiger partial charge in [-0.25, -0.2) is 9.71 Å². The maximum absolute atomic E-state index is 11.9. The lowest BCUT2D eigenvalue weighted by Crippen LogP contribution is -2.37. The van der Waals surface area contributed by atoms with E-state index in [1.54, 1.807) is 4.72 Å². The first kappa shape index (κ1) is 15.7. The number of rotatable bonds is 5. The maximum Gasteiger partial charge on any atom is 0.402 e. The van der Waals surface area contributed by atoms with Gasteiger partial charge in [-0.2, -0.15) is 31.3 Å². The Morgan fingerprint density at radius 3 is 2.58 bits per heavy atom. The molecule has 0 aromatic carbocycles. The quantitative estimate of drug-likeness (QED) is 0.788. The van der Waals surface area contributed by atoms with E-state index < -0.39 is 28.9 Å². The van der Waals surface area contributed by atoms with Crippen LogP contribution in [-0.4, -0.2) is 38.2 Å². The average molecular weight is 321 g/mol. The number of nitrogens with zero attached hydrogens (tertiary/aromatic N) is 2. The molecule has 0 aliphatic carbocycles. The third kappa shape index (κ3) is 5.89. The minimum atomic E-state index is -4.68. The average Bonchev–Trinajstić information content (AvgIpc) is 2.24. The van der Waals surface area contributed by atoms with E-state index in [-0.39, 0.29) is 11.0 Å². The van der Waals surface area contributed by atoms with Crippen molar-refractivity contribution in [3.63, 3.8) is 0 Å². The zero-order valence-electron chi connectivity index (χ0n) is 9.32. The Hall–Kier alpha value is -1.33. The van der Waals surface area contributed by atoms with Crippen molar-refractivity contribution in [3.8, 4) is 5.88 Å². The first-order chi connectivity index (χ1) is 8.61. The van der Waals surface area contributed by atoms with Crippen molar-refractivity contribution >= 4 is 27.8 Å². The molecule has 0 bridgehead atoms. The van der Waals surface area contributed by atoms with Gasteiger partial charge in [-0.05, 0) is 0 Å². The summed E-state index contributed by atoms with van der Waals surface area (Å²) < 4.78 is 65.8. The summed E-state index contributed by atoms with van der Waals surface area (Å²) in [5, 5.41) is -0.139. The lowest BCUT2D eigenvalue weighted by atomic mass is 10.6. The second kappa shape index (κ2) is 5.75. The van der Waals surface area contributed by atoms with Crippen LogP contribution >= 0.6 is 11.6 Å². The van der Waals surface area contributed by atoms with E-state index in [1.807, 2.05) is 0 Å². The topological polar surface area (TPSA) is 93.2 Å². The maximum atomic E-state index is 11.9. The highest BCUT2D eigenvalue weighted by atomic mass is 35.5. The summed E-state index contributed by atoms with van der Waals surface area (Å²) >= 11 is 5.54. The van der Waals surface area contributed by atoms with Crippen molar-refractivity contribution in [1.82, 2.24) is 14.7 Å². The van der Waals surface area contributed by atoms with Crippen LogP contribution in [0.4, 0.5) is 19.1 Å². The highest BCUT2D eigenvalue weighted by Crippen LogP contribution is 2.17. The minimum Gasteiger partial charge on any atom is -0.481 e. The summed E-state index contributed by atoms with van der Waals surface area (Å²) in [7, 11) is -3.22. The SMILES string of the molecule is COc1cc(Cl)nc(NS(=O)(=O)NCC(F)(F)F)n1. The Kier molecular flexibility index (Phi) is 4.76. The van der Waals surface area contributed by atoms with Crippen LogP contribution in [0.25, 0.3) is 0 Å². The van der Waals surface area contributed by atoms with E-state index in [2.05, 4.69) is 9.97 Å². The van der Waals surface area contributed by atoms with Crippen molar-refractivity contribution < 1.29 is 26.3 Å². The van der Waals surface area contributed by atoms with E-state index in [1.165, 1.54) is 17.9 Å². The molecule has 0 radical (unpaired) electrons. The van der Waals surface area contributed by atoms with Gasteiger partial charge in [0.1, 0.15) is 11.7 Å². The number of aromatic nitrogens is 2. The Balaban J connectivity index is 2.81. The van der Waals surface area contributed by atoms with E-state index in [0.29, 0.717) is 0 Å². The Bertz CT molecular complexity index is 551. The van der Waals surface area contributed by atoms with E-state index in [9.17, 15) is 21.6 Å². The summed E-state index contributed by atoms with van der Waals surface area (Å²) in [5.74, 6) is -0.562. The fourth-order valence-electron chi connectivity index (χ4n) is 0.880. The van der Waals surface area contributed by atoms with Gasteiger partial charge in [-0.1, -0.05) is 11.6 Å². The number of alkyl halides is 3. The largest absolute Gasteiger partial charge is 0.481 e. The predicted molar refractivity (Wildman–Crippen MR) is 60.2 cm³/mol. The second-order valence-electron chi connectivity index (χ2n) is 3.10. The zero-order chi connectivity index (χ0) is 14.7. The highest BCUT2D eigenvalue weighted by molar-refractivity contribution is 7.90. The molecule has 7 nitrogen and oxygen atoms in total. The molecule has 1 rings (SSSR count). The normalized spacial score (nSPS) is 12.3. The first-order valence-corrected chi connectivity index (χ1v) is 6.40. The van der Waals surface area contributed by atoms with E-state index >= 15 is 0 Å². The Labute approximate surface area is 111 Å². The fourth-order valence-corrected chi connectivity index (χ4v) is 1.81. The molecule has 1 heterocycles. The van der Waals surface area contributed by atoms with Gasteiger partial charge in [-0.15, -0.1) is 0 Å². The van der Waals surface area contributed by atoms with Crippen LogP contribution in [0.3, 0.4) is 0 Å². The Morgan fingerprint density at radius 1 is 1.42 bits per heavy atom. The molecule has 0 aliphatic rings. The molecule has 0 unspecified atom stereocenters. The third-order valence-corrected chi connectivity index (χ3v) is 2.74. The molecule has 2 N–H and O–H groups in total. The fraction of sp³-hybridized carbons (Fsp3) is 0.429. The van der Waals surface area contributed by atoms with Crippen molar-refractivity contribution in [2.75, 3.05) is 18.4 Å². The molecule has 0 saturated carbocycles. The minimum absolute atomic E-state index is 0.0477. The lowest BCUT2D eigenvalue weighted by molar-refractivity contribution is -0.121. The molecule has 19 heavy (non-hydrogen) atoms. The monoisotopic (exact) mass is 320 g/mol. The van der Waals surface area contributed by atoms with Crippen LogP contribution in [0, 0.1) is 0 Å². The van der Waals surface area contributed by atoms with E-state index in [4.69, 9.17) is 16.3 Å². The summed E-state index contributed by atoms with van der Waals surface area (Å²) in [5.41, 5.74) is 0. The van der Waals surface area contributed by atoms with Gasteiger partial charge < -0.3 is 4.74 Å². The smallest absolute Gasteiger partial charge is 0.402 e. The molecular weight excluding hydrogens is 313 g/mol. The highest BCUT2D eigenvalue weighted by Gasteiger charge is 2.29. The first-order valence-electron chi connectivity index (χ1n) is 4.54. The number of nitrogens with one attached hydrogen (secondary N) is 2. The number of hydrogen-bond donors (Lipinski definition) is 2. The summed E-state index contributed by atoms with van der Waals surface area (Å²) in [4.78, 5) is 7.03. The molecule has 1 aromatic rings. The zero-order valence-corrected chi connectivity index (χ0v) is 10.9. The lowest BCUT2D eigenvalue weighted by Gasteiger charge is -2.10. The van der Waals surface area contributed by atoms with Gasteiger partial charge in [0.2, 0.25) is 11.8 Å². The van der Waals surface area contributed by atoms with Crippen molar-refractivity contribution in [2.24, 2.45) is 0 Å². The standard InChI is InChI=1S/C7H8ClF3N4O3S/c1-18-5-2-4(8)13-6(14-5)15-19(16,17)12-3-7(9,10)11/h2,12H,3H2,1H3,(H,13,14,15). The molecule has 0 spiro atoms. The van der Waals surface area contributed by atoms with Gasteiger partial charge in [0.15, 0.2) is 0 Å². The summed E-state index contributed by atoms with van der Waals surface area (Å²) in [6.07, 6.45) is -4.68. The molecular formula is C7H8ClF3N4O3S.